The molecule has 0 fully saturated rings. The zero-order chi connectivity index (χ0) is 12.7. The second kappa shape index (κ2) is 5.94. The Morgan fingerprint density at radius 3 is 2.82 bits per heavy atom. The van der Waals surface area contributed by atoms with E-state index in [-0.39, 0.29) is 18.3 Å². The van der Waals surface area contributed by atoms with Crippen molar-refractivity contribution in [3.8, 4) is 17.7 Å². The second-order valence-corrected chi connectivity index (χ2v) is 2.93. The monoisotopic (exact) mass is 245 g/mol. The molecule has 0 radical (unpaired) electrons. The highest BCUT2D eigenvalue weighted by molar-refractivity contribution is 5.37. The van der Waals surface area contributed by atoms with Gasteiger partial charge in [-0.25, -0.2) is 9.97 Å². The molecule has 1 aromatic heterocycles. The van der Waals surface area contributed by atoms with Crippen LogP contribution in [0.2, 0.25) is 0 Å². The zero-order valence-electron chi connectivity index (χ0n) is 9.01. The predicted octanol–water partition coefficient (Wildman–Crippen LogP) is 1.85. The van der Waals surface area contributed by atoms with Gasteiger partial charge in [0, 0.05) is 6.07 Å². The Balaban J connectivity index is 2.55. The van der Waals surface area contributed by atoms with Crippen LogP contribution < -0.4 is 10.1 Å². The first kappa shape index (κ1) is 13.1. The number of aromatic nitrogens is 2. The Labute approximate surface area is 96.2 Å². The highest BCUT2D eigenvalue weighted by Gasteiger charge is 2.26. The lowest BCUT2D eigenvalue weighted by atomic mass is 10.5. The van der Waals surface area contributed by atoms with Crippen molar-refractivity contribution in [1.29, 1.82) is 0 Å². The summed E-state index contributed by atoms with van der Waals surface area (Å²) in [7, 11) is 0. The summed E-state index contributed by atoms with van der Waals surface area (Å²) in [6.07, 6.45) is -3.17. The normalized spacial score (nSPS) is 10.4. The summed E-state index contributed by atoms with van der Waals surface area (Å²) < 4.78 is 40.9. The molecule has 4 nitrogen and oxygen atoms in total. The molecule has 0 aliphatic carbocycles. The van der Waals surface area contributed by atoms with Crippen LogP contribution in [0.15, 0.2) is 12.4 Å². The maximum absolute atomic E-state index is 11.9. The van der Waals surface area contributed by atoms with Crippen molar-refractivity contribution in [2.45, 2.75) is 13.1 Å². The third-order valence-electron chi connectivity index (χ3n) is 1.58. The van der Waals surface area contributed by atoms with Gasteiger partial charge in [0.25, 0.3) is 0 Å². The summed E-state index contributed by atoms with van der Waals surface area (Å²) in [5, 5.41) is 2.12. The molecule has 0 aromatic carbocycles. The van der Waals surface area contributed by atoms with Gasteiger partial charge in [-0.3, -0.25) is 0 Å². The lowest BCUT2D eigenvalue weighted by Crippen LogP contribution is -2.21. The minimum Gasteiger partial charge on any atom is -0.464 e. The van der Waals surface area contributed by atoms with Gasteiger partial charge in [-0.05, 0) is 6.92 Å². The summed E-state index contributed by atoms with van der Waals surface area (Å²) in [4.78, 5) is 7.37. The van der Waals surface area contributed by atoms with E-state index in [0.717, 1.165) is 6.33 Å². The van der Waals surface area contributed by atoms with Crippen molar-refractivity contribution < 1.29 is 17.9 Å². The van der Waals surface area contributed by atoms with E-state index in [4.69, 9.17) is 4.74 Å². The van der Waals surface area contributed by atoms with Crippen LogP contribution in [0, 0.1) is 11.8 Å². The SMILES string of the molecule is CC#CCOc1cc(NCC(F)(F)F)ncn1. The number of halogens is 3. The summed E-state index contributed by atoms with van der Waals surface area (Å²) in [6, 6.07) is 1.28. The molecule has 0 saturated carbocycles. The fourth-order valence-electron chi connectivity index (χ4n) is 0.888. The van der Waals surface area contributed by atoms with Crippen LogP contribution in [0.1, 0.15) is 6.92 Å². The molecule has 1 N–H and O–H groups in total. The molecule has 0 spiro atoms. The Morgan fingerprint density at radius 1 is 1.41 bits per heavy atom. The van der Waals surface area contributed by atoms with Gasteiger partial charge in [0.15, 0.2) is 6.61 Å². The maximum atomic E-state index is 11.9. The highest BCUT2D eigenvalue weighted by Crippen LogP contribution is 2.16. The number of alkyl halides is 3. The lowest BCUT2D eigenvalue weighted by molar-refractivity contribution is -0.115. The number of nitrogens with zero attached hydrogens (tertiary/aromatic N) is 2. The van der Waals surface area contributed by atoms with E-state index in [9.17, 15) is 13.2 Å². The van der Waals surface area contributed by atoms with Gasteiger partial charge in [-0.1, -0.05) is 5.92 Å². The second-order valence-electron chi connectivity index (χ2n) is 2.93. The van der Waals surface area contributed by atoms with Gasteiger partial charge in [-0.2, -0.15) is 13.2 Å². The number of hydrogen-bond acceptors (Lipinski definition) is 4. The van der Waals surface area contributed by atoms with Crippen molar-refractivity contribution in [2.75, 3.05) is 18.5 Å². The van der Waals surface area contributed by atoms with E-state index in [1.54, 1.807) is 6.92 Å². The van der Waals surface area contributed by atoms with E-state index in [1.807, 2.05) is 0 Å². The van der Waals surface area contributed by atoms with Crippen LogP contribution >= 0.6 is 0 Å². The summed E-state index contributed by atoms with van der Waals surface area (Å²) in [5.41, 5.74) is 0. The fourth-order valence-corrected chi connectivity index (χ4v) is 0.888. The number of hydrogen-bond donors (Lipinski definition) is 1. The first-order valence-electron chi connectivity index (χ1n) is 4.66. The van der Waals surface area contributed by atoms with Crippen molar-refractivity contribution in [2.24, 2.45) is 0 Å². The molecule has 7 heteroatoms. The van der Waals surface area contributed by atoms with Crippen LogP contribution in [-0.4, -0.2) is 29.3 Å². The number of nitrogens with one attached hydrogen (secondary N) is 1. The van der Waals surface area contributed by atoms with E-state index < -0.39 is 12.7 Å². The molecule has 0 unspecified atom stereocenters. The molecule has 0 atom stereocenters. The molecule has 1 heterocycles. The third kappa shape index (κ3) is 5.61. The Bertz CT molecular complexity index is 423. The average molecular weight is 245 g/mol. The molecule has 0 bridgehead atoms. The smallest absolute Gasteiger partial charge is 0.405 e. The summed E-state index contributed by atoms with van der Waals surface area (Å²) in [6.45, 7) is 0.629. The fraction of sp³-hybridized carbons (Fsp3) is 0.400. The van der Waals surface area contributed by atoms with Crippen molar-refractivity contribution >= 4 is 5.82 Å². The topological polar surface area (TPSA) is 47.0 Å². The minimum atomic E-state index is -4.29. The van der Waals surface area contributed by atoms with E-state index in [2.05, 4.69) is 27.1 Å². The molecule has 0 aliphatic heterocycles. The molecule has 0 amide bonds. The standard InChI is InChI=1S/C10H10F3N3O/c1-2-3-4-17-9-5-8(15-7-16-9)14-6-10(11,12)13/h5,7H,4,6H2,1H3,(H,14,15,16). The largest absolute Gasteiger partial charge is 0.464 e. The van der Waals surface area contributed by atoms with Crippen LogP contribution in [0.5, 0.6) is 5.88 Å². The van der Waals surface area contributed by atoms with E-state index in [0.29, 0.717) is 0 Å². The Hall–Kier alpha value is -1.97. The molecular weight excluding hydrogens is 235 g/mol. The van der Waals surface area contributed by atoms with Crippen molar-refractivity contribution in [1.82, 2.24) is 9.97 Å². The van der Waals surface area contributed by atoms with Gasteiger partial charge in [0.05, 0.1) is 0 Å². The van der Waals surface area contributed by atoms with Gasteiger partial charge >= 0.3 is 6.18 Å². The molecule has 0 aliphatic rings. The van der Waals surface area contributed by atoms with E-state index in [1.165, 1.54) is 6.07 Å². The molecule has 17 heavy (non-hydrogen) atoms. The Kier molecular flexibility index (Phi) is 4.57. The van der Waals surface area contributed by atoms with Crippen LogP contribution in [0.25, 0.3) is 0 Å². The maximum Gasteiger partial charge on any atom is 0.405 e. The minimum absolute atomic E-state index is 0.0526. The molecule has 1 aromatic rings. The molecule has 92 valence electrons. The summed E-state index contributed by atoms with van der Waals surface area (Å²) >= 11 is 0. The lowest BCUT2D eigenvalue weighted by Gasteiger charge is -2.09. The number of ether oxygens (including phenoxy) is 1. The van der Waals surface area contributed by atoms with Crippen LogP contribution in [0.4, 0.5) is 19.0 Å². The third-order valence-corrected chi connectivity index (χ3v) is 1.58. The number of anilines is 1. The van der Waals surface area contributed by atoms with Gasteiger partial charge < -0.3 is 10.1 Å². The Morgan fingerprint density at radius 2 is 2.18 bits per heavy atom. The van der Waals surface area contributed by atoms with Gasteiger partial charge in [0.2, 0.25) is 5.88 Å². The van der Waals surface area contributed by atoms with Crippen molar-refractivity contribution in [3.05, 3.63) is 12.4 Å². The molecule has 0 saturated heterocycles. The van der Waals surface area contributed by atoms with Crippen LogP contribution in [-0.2, 0) is 0 Å². The van der Waals surface area contributed by atoms with Gasteiger partial charge in [0.1, 0.15) is 18.7 Å². The van der Waals surface area contributed by atoms with Crippen molar-refractivity contribution in [3.63, 3.8) is 0 Å². The molecule has 1 rings (SSSR count). The molecular formula is C10H10F3N3O. The zero-order valence-corrected chi connectivity index (χ0v) is 9.01. The highest BCUT2D eigenvalue weighted by atomic mass is 19.4. The predicted molar refractivity (Wildman–Crippen MR) is 55.5 cm³/mol. The van der Waals surface area contributed by atoms with Crippen LogP contribution in [0.3, 0.4) is 0 Å². The first-order valence-corrected chi connectivity index (χ1v) is 4.66. The quantitative estimate of drug-likeness (QED) is 0.822. The number of rotatable bonds is 4. The summed E-state index contributed by atoms with van der Waals surface area (Å²) in [5.74, 6) is 5.48. The average Bonchev–Trinajstić information content (AvgIpc) is 2.27. The first-order chi connectivity index (χ1) is 8.01. The van der Waals surface area contributed by atoms with Gasteiger partial charge in [-0.15, -0.1) is 5.92 Å². The van der Waals surface area contributed by atoms with E-state index >= 15 is 0 Å².